The summed E-state index contributed by atoms with van der Waals surface area (Å²) in [5.41, 5.74) is 1.86. The minimum Gasteiger partial charge on any atom is -0.393 e. The highest BCUT2D eigenvalue weighted by molar-refractivity contribution is 6.31. The molecule has 0 aliphatic carbocycles. The number of anilines is 2. The van der Waals surface area contributed by atoms with Gasteiger partial charge in [-0.15, -0.1) is 0 Å². The molecule has 12 heteroatoms. The summed E-state index contributed by atoms with van der Waals surface area (Å²) in [5.74, 6) is -1.17. The number of nitrogens with one attached hydrogen (secondary N) is 1. The van der Waals surface area contributed by atoms with E-state index >= 15 is 4.39 Å². The molecule has 236 valence electrons. The molecule has 0 unspecified atom stereocenters. The first-order valence-corrected chi connectivity index (χ1v) is 15.5. The second-order valence-electron chi connectivity index (χ2n) is 11.9. The maximum atomic E-state index is 15.2. The highest BCUT2D eigenvalue weighted by atomic mass is 35.5. The van der Waals surface area contributed by atoms with Gasteiger partial charge in [-0.25, -0.2) is 4.39 Å². The number of piperidine rings is 2. The minimum atomic E-state index is -4.19. The Bertz CT molecular complexity index is 1240. The molecule has 3 heterocycles. The quantitative estimate of drug-likeness (QED) is 0.392. The van der Waals surface area contributed by atoms with Gasteiger partial charge in [0.25, 0.3) is 5.91 Å². The van der Waals surface area contributed by atoms with Gasteiger partial charge in [-0.3, -0.25) is 14.6 Å². The van der Waals surface area contributed by atoms with Gasteiger partial charge < -0.3 is 20.2 Å². The summed E-state index contributed by atoms with van der Waals surface area (Å²) in [4.78, 5) is 21.7. The van der Waals surface area contributed by atoms with Crippen LogP contribution in [0.15, 0.2) is 36.4 Å². The zero-order valence-electron chi connectivity index (χ0n) is 24.3. The largest absolute Gasteiger partial charge is 0.393 e. The van der Waals surface area contributed by atoms with E-state index in [1.165, 1.54) is 12.1 Å². The molecular formula is C31H40ClF4N5O2. The van der Waals surface area contributed by atoms with Gasteiger partial charge in [0, 0.05) is 63.4 Å². The average Bonchev–Trinajstić information content (AvgIpc) is 2.98. The number of halogens is 5. The molecule has 1 amide bonds. The molecule has 0 spiro atoms. The molecule has 3 aliphatic rings. The first-order chi connectivity index (χ1) is 20.5. The van der Waals surface area contributed by atoms with Crippen LogP contribution >= 0.6 is 11.6 Å². The number of alkyl halides is 3. The van der Waals surface area contributed by atoms with Gasteiger partial charge in [0.05, 0.1) is 29.5 Å². The normalized spacial score (nSPS) is 20.5. The molecule has 0 aromatic heterocycles. The molecule has 7 nitrogen and oxygen atoms in total. The fraction of sp³-hybridized carbons (Fsp3) is 0.581. The molecule has 43 heavy (non-hydrogen) atoms. The Hall–Kier alpha value is -2.44. The Morgan fingerprint density at radius 3 is 2.26 bits per heavy atom. The number of hydrogen-bond donors (Lipinski definition) is 2. The van der Waals surface area contributed by atoms with Gasteiger partial charge >= 0.3 is 6.18 Å². The summed E-state index contributed by atoms with van der Waals surface area (Å²) in [6.45, 7) is 6.14. The molecular weight excluding hydrogens is 586 g/mol. The Morgan fingerprint density at radius 1 is 0.907 bits per heavy atom. The fourth-order valence-electron chi connectivity index (χ4n) is 6.35. The summed E-state index contributed by atoms with van der Waals surface area (Å²) in [5, 5.41) is 13.1. The molecule has 2 aromatic carbocycles. The number of likely N-dealkylation sites (tertiary alicyclic amines) is 2. The first kappa shape index (κ1) is 32.0. The topological polar surface area (TPSA) is 62.3 Å². The number of aliphatic hydroxyl groups excluding tert-OH is 1. The molecule has 0 bridgehead atoms. The molecule has 0 radical (unpaired) electrons. The maximum absolute atomic E-state index is 15.2. The molecule has 0 saturated carbocycles. The minimum absolute atomic E-state index is 0.0472. The number of amides is 1. The lowest BCUT2D eigenvalue weighted by Gasteiger charge is -2.41. The summed E-state index contributed by atoms with van der Waals surface area (Å²) < 4.78 is 53.0. The number of rotatable bonds is 8. The lowest BCUT2D eigenvalue weighted by Crippen LogP contribution is -2.48. The van der Waals surface area contributed by atoms with E-state index in [9.17, 15) is 23.1 Å². The van der Waals surface area contributed by atoms with Crippen molar-refractivity contribution in [2.45, 2.75) is 57.0 Å². The van der Waals surface area contributed by atoms with Crippen molar-refractivity contribution in [1.82, 2.24) is 14.7 Å². The Balaban J connectivity index is 1.15. The highest BCUT2D eigenvalue weighted by Gasteiger charge is 2.30. The lowest BCUT2D eigenvalue weighted by molar-refractivity contribution is -0.138. The van der Waals surface area contributed by atoms with Crippen molar-refractivity contribution in [2.24, 2.45) is 0 Å². The monoisotopic (exact) mass is 625 g/mol. The van der Waals surface area contributed by atoms with E-state index in [0.717, 1.165) is 57.4 Å². The van der Waals surface area contributed by atoms with E-state index in [1.807, 2.05) is 4.90 Å². The standard InChI is InChI=1S/C31H40ClF4N5O2/c32-23-2-4-28(29(20-23)41-17-15-38(16-18-41)14-9-31(34,35)36)37-30(43)26-3-1-22(19-27(26)33)21-39-10-5-24(6-11-39)40-12-7-25(42)8-13-40/h1-4,19-20,24-25,42H,5-18,21H2,(H,37,43). The third kappa shape index (κ3) is 8.82. The Kier molecular flexibility index (Phi) is 10.5. The van der Waals surface area contributed by atoms with Crippen molar-refractivity contribution in [2.75, 3.05) is 69.1 Å². The van der Waals surface area contributed by atoms with Crippen LogP contribution in [0.1, 0.15) is 48.0 Å². The van der Waals surface area contributed by atoms with Crippen LogP contribution in [-0.2, 0) is 6.54 Å². The molecule has 3 saturated heterocycles. The van der Waals surface area contributed by atoms with Gasteiger partial charge in [-0.2, -0.15) is 13.2 Å². The van der Waals surface area contributed by atoms with E-state index in [-0.39, 0.29) is 18.2 Å². The smallest absolute Gasteiger partial charge is 0.390 e. The second-order valence-corrected chi connectivity index (χ2v) is 12.3. The number of carbonyl (C=O) groups is 1. The van der Waals surface area contributed by atoms with E-state index in [4.69, 9.17) is 11.6 Å². The molecule has 0 atom stereocenters. The van der Waals surface area contributed by atoms with Crippen LogP contribution in [0, 0.1) is 5.82 Å². The maximum Gasteiger partial charge on any atom is 0.390 e. The molecule has 5 rings (SSSR count). The average molecular weight is 626 g/mol. The zero-order valence-corrected chi connectivity index (χ0v) is 25.0. The molecule has 3 fully saturated rings. The predicted octanol–water partition coefficient (Wildman–Crippen LogP) is 5.23. The molecule has 2 N–H and O–H groups in total. The number of benzene rings is 2. The van der Waals surface area contributed by atoms with E-state index in [2.05, 4.69) is 15.1 Å². The summed E-state index contributed by atoms with van der Waals surface area (Å²) in [6, 6.07) is 10.3. The van der Waals surface area contributed by atoms with Crippen LogP contribution in [-0.4, -0.2) is 103 Å². The van der Waals surface area contributed by atoms with Gasteiger partial charge in [0.1, 0.15) is 5.82 Å². The summed E-state index contributed by atoms with van der Waals surface area (Å²) in [7, 11) is 0. The van der Waals surface area contributed by atoms with Crippen molar-refractivity contribution in [3.05, 3.63) is 58.4 Å². The Labute approximate surface area is 255 Å². The number of hydrogen-bond acceptors (Lipinski definition) is 6. The third-order valence-corrected chi connectivity index (χ3v) is 9.12. The number of carbonyl (C=O) groups excluding carboxylic acids is 1. The number of piperazine rings is 1. The van der Waals surface area contributed by atoms with Gasteiger partial charge in [0.15, 0.2) is 0 Å². The van der Waals surface area contributed by atoms with Crippen molar-refractivity contribution < 1.29 is 27.5 Å². The molecule has 2 aromatic rings. The lowest BCUT2D eigenvalue weighted by atomic mass is 9.98. The van der Waals surface area contributed by atoms with Crippen molar-refractivity contribution in [3.8, 4) is 0 Å². The predicted molar refractivity (Wildman–Crippen MR) is 160 cm³/mol. The van der Waals surface area contributed by atoms with E-state index in [0.29, 0.717) is 55.2 Å². The van der Waals surface area contributed by atoms with Gasteiger partial charge in [-0.1, -0.05) is 17.7 Å². The van der Waals surface area contributed by atoms with Crippen LogP contribution in [0.25, 0.3) is 0 Å². The van der Waals surface area contributed by atoms with Crippen molar-refractivity contribution in [1.29, 1.82) is 0 Å². The highest BCUT2D eigenvalue weighted by Crippen LogP contribution is 2.31. The van der Waals surface area contributed by atoms with Gasteiger partial charge in [-0.05, 0) is 74.7 Å². The van der Waals surface area contributed by atoms with Gasteiger partial charge in [0.2, 0.25) is 0 Å². The van der Waals surface area contributed by atoms with Crippen LogP contribution in [0.5, 0.6) is 0 Å². The van der Waals surface area contributed by atoms with E-state index in [1.54, 1.807) is 29.2 Å². The number of aliphatic hydroxyl groups is 1. The van der Waals surface area contributed by atoms with E-state index < -0.39 is 24.3 Å². The van der Waals surface area contributed by atoms with Crippen molar-refractivity contribution in [3.63, 3.8) is 0 Å². The van der Waals surface area contributed by atoms with Crippen LogP contribution in [0.2, 0.25) is 5.02 Å². The second kappa shape index (κ2) is 14.1. The summed E-state index contributed by atoms with van der Waals surface area (Å²) in [6.07, 6.45) is -1.44. The molecule has 3 aliphatic heterocycles. The van der Waals surface area contributed by atoms with Crippen LogP contribution < -0.4 is 10.2 Å². The number of nitrogens with zero attached hydrogens (tertiary/aromatic N) is 4. The SMILES string of the molecule is O=C(Nc1ccc(Cl)cc1N1CCN(CCC(F)(F)F)CC1)c1ccc(CN2CCC(N3CCC(O)CC3)CC2)cc1F. The van der Waals surface area contributed by atoms with Crippen LogP contribution in [0.3, 0.4) is 0 Å². The summed E-state index contributed by atoms with van der Waals surface area (Å²) >= 11 is 6.24. The third-order valence-electron chi connectivity index (χ3n) is 8.89. The first-order valence-electron chi connectivity index (χ1n) is 15.1. The van der Waals surface area contributed by atoms with Crippen molar-refractivity contribution >= 4 is 28.9 Å². The van der Waals surface area contributed by atoms with Crippen LogP contribution in [0.4, 0.5) is 28.9 Å². The Morgan fingerprint density at radius 2 is 1.60 bits per heavy atom. The fourth-order valence-corrected chi connectivity index (χ4v) is 6.52. The zero-order chi connectivity index (χ0) is 30.6.